The van der Waals surface area contributed by atoms with Gasteiger partial charge >= 0.3 is 6.18 Å². The van der Waals surface area contributed by atoms with Crippen LogP contribution in [0.2, 0.25) is 0 Å². The minimum absolute atomic E-state index is 0.379. The minimum Gasteiger partial charge on any atom is -0.250 e. The lowest BCUT2D eigenvalue weighted by Crippen LogP contribution is -2.04. The van der Waals surface area contributed by atoms with Crippen molar-refractivity contribution >= 4 is 11.8 Å². The van der Waals surface area contributed by atoms with Gasteiger partial charge in [-0.05, 0) is 18.4 Å². The summed E-state index contributed by atoms with van der Waals surface area (Å²) < 4.78 is 36.2. The fraction of sp³-hybridized carbons (Fsp3) is 0.286. The second-order valence-electron chi connectivity index (χ2n) is 2.08. The van der Waals surface area contributed by atoms with Gasteiger partial charge in [0.1, 0.15) is 0 Å². The van der Waals surface area contributed by atoms with Crippen LogP contribution in [-0.4, -0.2) is 11.2 Å². The maximum absolute atomic E-state index is 12.1. The number of hydrogen-bond donors (Lipinski definition) is 0. The molecule has 0 spiro atoms. The Bertz CT molecular complexity index is 272. The molecule has 0 N–H and O–H groups in total. The van der Waals surface area contributed by atoms with E-state index in [4.69, 9.17) is 0 Å². The van der Waals surface area contributed by atoms with E-state index in [1.807, 2.05) is 0 Å². The first-order valence-corrected chi connectivity index (χ1v) is 4.34. The number of rotatable bonds is 1. The topological polar surface area (TPSA) is 12.9 Å². The lowest BCUT2D eigenvalue weighted by Gasteiger charge is -2.06. The Morgan fingerprint density at radius 2 is 2.08 bits per heavy atom. The van der Waals surface area contributed by atoms with Gasteiger partial charge < -0.3 is 0 Å². The summed E-state index contributed by atoms with van der Waals surface area (Å²) in [5.74, 6) is 0. The summed E-state index contributed by atoms with van der Waals surface area (Å²) in [6, 6.07) is 1.99. The first-order chi connectivity index (χ1) is 5.54. The molecule has 5 heteroatoms. The predicted octanol–water partition coefficient (Wildman–Crippen LogP) is 2.82. The molecule has 0 saturated heterocycles. The Morgan fingerprint density at radius 1 is 1.42 bits per heavy atom. The third-order valence-electron chi connectivity index (χ3n) is 1.27. The fourth-order valence-electron chi connectivity index (χ4n) is 0.697. The number of alkyl halides is 3. The first-order valence-electron chi connectivity index (χ1n) is 3.11. The quantitative estimate of drug-likeness (QED) is 0.636. The normalized spacial score (nSPS) is 11.7. The molecule has 1 aromatic rings. The molecule has 0 unspecified atom stereocenters. The van der Waals surface area contributed by atoms with Crippen LogP contribution in [0.5, 0.6) is 0 Å². The van der Waals surface area contributed by atoms with Crippen LogP contribution >= 0.6 is 11.8 Å². The summed E-state index contributed by atoms with van der Waals surface area (Å²) in [6.07, 6.45) is -1.43. The van der Waals surface area contributed by atoms with Gasteiger partial charge in [-0.2, -0.15) is 13.2 Å². The number of thioether (sulfide) groups is 1. The Labute approximate surface area is 72.0 Å². The third kappa shape index (κ3) is 2.14. The largest absolute Gasteiger partial charge is 0.416 e. The van der Waals surface area contributed by atoms with Gasteiger partial charge in [0, 0.05) is 6.20 Å². The SMILES string of the molecule is CSc1cc(C(F)(F)F)ccn1. The van der Waals surface area contributed by atoms with E-state index in [1.54, 1.807) is 6.26 Å². The standard InChI is InChI=1S/C7H6F3NS/c1-12-6-4-5(2-3-11-6)7(8,9)10/h2-4H,1H3. The van der Waals surface area contributed by atoms with E-state index in [9.17, 15) is 13.2 Å². The Hall–Kier alpha value is -0.710. The summed E-state index contributed by atoms with van der Waals surface area (Å²) in [7, 11) is 0. The molecule has 0 aromatic carbocycles. The fourth-order valence-corrected chi connectivity index (χ4v) is 1.11. The van der Waals surface area contributed by atoms with Crippen molar-refractivity contribution in [1.29, 1.82) is 0 Å². The van der Waals surface area contributed by atoms with E-state index in [1.165, 1.54) is 11.8 Å². The van der Waals surface area contributed by atoms with Gasteiger partial charge in [0.2, 0.25) is 0 Å². The van der Waals surface area contributed by atoms with Crippen LogP contribution in [0, 0.1) is 0 Å². The van der Waals surface area contributed by atoms with Crippen LogP contribution in [0.1, 0.15) is 5.56 Å². The summed E-state index contributed by atoms with van der Waals surface area (Å²) in [4.78, 5) is 3.73. The molecule has 0 atom stereocenters. The van der Waals surface area contributed by atoms with Crippen molar-refractivity contribution in [2.24, 2.45) is 0 Å². The van der Waals surface area contributed by atoms with E-state index < -0.39 is 11.7 Å². The van der Waals surface area contributed by atoms with Gasteiger partial charge in [-0.1, -0.05) is 0 Å². The molecule has 0 fully saturated rings. The molecule has 12 heavy (non-hydrogen) atoms. The van der Waals surface area contributed by atoms with Gasteiger partial charge in [0.15, 0.2) is 0 Å². The molecular weight excluding hydrogens is 187 g/mol. The molecule has 1 nitrogen and oxygen atoms in total. The van der Waals surface area contributed by atoms with E-state index in [0.29, 0.717) is 5.03 Å². The Morgan fingerprint density at radius 3 is 2.58 bits per heavy atom. The smallest absolute Gasteiger partial charge is 0.250 e. The van der Waals surface area contributed by atoms with Crippen molar-refractivity contribution in [3.05, 3.63) is 23.9 Å². The zero-order valence-electron chi connectivity index (χ0n) is 6.22. The second kappa shape index (κ2) is 3.35. The summed E-state index contributed by atoms with van der Waals surface area (Å²) in [6.45, 7) is 0. The van der Waals surface area contributed by atoms with E-state index in [-0.39, 0.29) is 0 Å². The molecule has 0 saturated carbocycles. The highest BCUT2D eigenvalue weighted by Gasteiger charge is 2.30. The van der Waals surface area contributed by atoms with Crippen LogP contribution in [0.15, 0.2) is 23.4 Å². The molecule has 0 aliphatic heterocycles. The van der Waals surface area contributed by atoms with Gasteiger partial charge in [-0.3, -0.25) is 0 Å². The predicted molar refractivity (Wildman–Crippen MR) is 41.0 cm³/mol. The van der Waals surface area contributed by atoms with Gasteiger partial charge in [0.05, 0.1) is 10.6 Å². The van der Waals surface area contributed by atoms with E-state index in [0.717, 1.165) is 18.3 Å². The number of hydrogen-bond acceptors (Lipinski definition) is 2. The minimum atomic E-state index is -4.27. The highest BCUT2D eigenvalue weighted by Crippen LogP contribution is 2.30. The van der Waals surface area contributed by atoms with Crippen LogP contribution in [-0.2, 0) is 6.18 Å². The monoisotopic (exact) mass is 193 g/mol. The maximum Gasteiger partial charge on any atom is 0.416 e. The average molecular weight is 193 g/mol. The van der Waals surface area contributed by atoms with Gasteiger partial charge in [-0.15, -0.1) is 11.8 Å². The highest BCUT2D eigenvalue weighted by atomic mass is 32.2. The Balaban J connectivity index is 3.02. The first kappa shape index (κ1) is 9.38. The molecule has 1 rings (SSSR count). The van der Waals surface area contributed by atoms with Gasteiger partial charge in [0.25, 0.3) is 0 Å². The van der Waals surface area contributed by atoms with E-state index >= 15 is 0 Å². The molecule has 0 aliphatic carbocycles. The molecule has 0 radical (unpaired) electrons. The lowest BCUT2D eigenvalue weighted by atomic mass is 10.3. The van der Waals surface area contributed by atoms with Gasteiger partial charge in [-0.25, -0.2) is 4.98 Å². The van der Waals surface area contributed by atoms with Crippen molar-refractivity contribution in [3.8, 4) is 0 Å². The van der Waals surface area contributed by atoms with Crippen molar-refractivity contribution in [1.82, 2.24) is 4.98 Å². The number of halogens is 3. The zero-order valence-corrected chi connectivity index (χ0v) is 7.04. The molecule has 1 aromatic heterocycles. The van der Waals surface area contributed by atoms with Crippen LogP contribution in [0.3, 0.4) is 0 Å². The van der Waals surface area contributed by atoms with Crippen LogP contribution < -0.4 is 0 Å². The van der Waals surface area contributed by atoms with E-state index in [2.05, 4.69) is 4.98 Å². The number of aromatic nitrogens is 1. The Kier molecular flexibility index (Phi) is 2.62. The van der Waals surface area contributed by atoms with Crippen LogP contribution in [0.25, 0.3) is 0 Å². The summed E-state index contributed by atoms with van der Waals surface area (Å²) in [5.41, 5.74) is -0.651. The second-order valence-corrected chi connectivity index (χ2v) is 2.91. The summed E-state index contributed by atoms with van der Waals surface area (Å²) in [5, 5.41) is 0.379. The van der Waals surface area contributed by atoms with Crippen molar-refractivity contribution in [2.45, 2.75) is 11.2 Å². The highest BCUT2D eigenvalue weighted by molar-refractivity contribution is 7.98. The van der Waals surface area contributed by atoms with Crippen molar-refractivity contribution in [3.63, 3.8) is 0 Å². The molecule has 66 valence electrons. The third-order valence-corrected chi connectivity index (χ3v) is 1.91. The average Bonchev–Trinajstić information content (AvgIpc) is 2.03. The molecule has 0 bridgehead atoms. The number of nitrogens with zero attached hydrogens (tertiary/aromatic N) is 1. The lowest BCUT2D eigenvalue weighted by molar-refractivity contribution is -0.137. The number of pyridine rings is 1. The zero-order chi connectivity index (χ0) is 9.19. The van der Waals surface area contributed by atoms with Crippen molar-refractivity contribution in [2.75, 3.05) is 6.26 Å². The molecular formula is C7H6F3NS. The molecule has 1 heterocycles. The molecule has 0 aliphatic rings. The molecule has 0 amide bonds. The van der Waals surface area contributed by atoms with Crippen molar-refractivity contribution < 1.29 is 13.2 Å². The maximum atomic E-state index is 12.1. The summed E-state index contributed by atoms with van der Waals surface area (Å²) >= 11 is 1.19. The van der Waals surface area contributed by atoms with Crippen LogP contribution in [0.4, 0.5) is 13.2 Å².